The maximum Gasteiger partial charge on any atom is 0.140 e. The summed E-state index contributed by atoms with van der Waals surface area (Å²) in [6, 6.07) is 9.75. The molecule has 0 amide bonds. The zero-order valence-corrected chi connectivity index (χ0v) is 12.8. The fourth-order valence-corrected chi connectivity index (χ4v) is 2.13. The summed E-state index contributed by atoms with van der Waals surface area (Å²) in [4.78, 5) is 6.62. The average Bonchev–Trinajstić information content (AvgIpc) is 2.45. The van der Waals surface area contributed by atoms with Gasteiger partial charge in [0.05, 0.1) is 23.8 Å². The van der Waals surface area contributed by atoms with E-state index in [4.69, 9.17) is 15.9 Å². The Kier molecular flexibility index (Phi) is 4.75. The lowest BCUT2D eigenvalue weighted by Crippen LogP contribution is -2.27. The van der Waals surface area contributed by atoms with Crippen molar-refractivity contribution in [2.45, 2.75) is 20.0 Å². The zero-order valence-electron chi connectivity index (χ0n) is 12.8. The Hall–Kier alpha value is -2.14. The summed E-state index contributed by atoms with van der Waals surface area (Å²) in [7, 11) is 1.94. The summed E-state index contributed by atoms with van der Waals surface area (Å²) in [6.07, 6.45) is 0.204. The van der Waals surface area contributed by atoms with E-state index in [1.54, 1.807) is 0 Å². The number of hydrogen-bond acceptors (Lipinski definition) is 4. The molecule has 1 heterocycles. The van der Waals surface area contributed by atoms with E-state index in [-0.39, 0.29) is 11.9 Å². The molecule has 0 atom stereocenters. The number of likely N-dealkylation sites (N-methyl/N-ethyl adjacent to an activating group) is 1. The van der Waals surface area contributed by atoms with E-state index in [9.17, 15) is 0 Å². The van der Waals surface area contributed by atoms with Gasteiger partial charge in [0.15, 0.2) is 0 Å². The van der Waals surface area contributed by atoms with E-state index in [0.717, 1.165) is 10.9 Å². The quantitative estimate of drug-likeness (QED) is 0.631. The number of pyridine rings is 1. The maximum atomic E-state index is 7.77. The second-order valence-electron chi connectivity index (χ2n) is 5.31. The minimum absolute atomic E-state index is 0.0277. The monoisotopic (exact) mass is 286 g/mol. The molecule has 0 spiro atoms. The standard InChI is InChI=1S/C16H22N4O/c1-11(2)21-9-8-20(3)16-13(15(17)18)10-12-6-4-5-7-14(12)19-16/h4-7,10-11H,8-9H2,1-3H3,(H3,17,18). The minimum atomic E-state index is 0.0277. The number of ether oxygens (including phenoxy) is 1. The van der Waals surface area contributed by atoms with Crippen molar-refractivity contribution in [1.29, 1.82) is 5.41 Å². The third-order valence-electron chi connectivity index (χ3n) is 3.23. The highest BCUT2D eigenvalue weighted by molar-refractivity contribution is 6.02. The molecular weight excluding hydrogens is 264 g/mol. The molecule has 0 saturated heterocycles. The van der Waals surface area contributed by atoms with Crippen LogP contribution in [-0.4, -0.2) is 37.1 Å². The van der Waals surface area contributed by atoms with Crippen molar-refractivity contribution < 1.29 is 4.74 Å². The van der Waals surface area contributed by atoms with Crippen LogP contribution in [-0.2, 0) is 4.74 Å². The van der Waals surface area contributed by atoms with Gasteiger partial charge in [-0.1, -0.05) is 18.2 Å². The predicted octanol–water partition coefficient (Wildman–Crippen LogP) is 2.38. The lowest BCUT2D eigenvalue weighted by Gasteiger charge is -2.22. The molecule has 0 radical (unpaired) electrons. The van der Waals surface area contributed by atoms with Crippen molar-refractivity contribution in [2.75, 3.05) is 25.1 Å². The first-order valence-electron chi connectivity index (χ1n) is 7.06. The van der Waals surface area contributed by atoms with Gasteiger partial charge in [-0.3, -0.25) is 5.41 Å². The number of hydrogen-bond donors (Lipinski definition) is 2. The van der Waals surface area contributed by atoms with Crippen LogP contribution in [0.3, 0.4) is 0 Å². The summed E-state index contributed by atoms with van der Waals surface area (Å²) >= 11 is 0. The minimum Gasteiger partial charge on any atom is -0.384 e. The average molecular weight is 286 g/mol. The number of fused-ring (bicyclic) bond motifs is 1. The number of nitrogens with two attached hydrogens (primary N) is 1. The molecule has 2 aromatic rings. The number of nitrogens with zero attached hydrogens (tertiary/aromatic N) is 2. The van der Waals surface area contributed by atoms with Gasteiger partial charge in [-0.05, 0) is 26.0 Å². The normalized spacial score (nSPS) is 11.0. The van der Waals surface area contributed by atoms with E-state index >= 15 is 0 Å². The molecule has 1 aromatic heterocycles. The first-order chi connectivity index (χ1) is 9.99. The fourth-order valence-electron chi connectivity index (χ4n) is 2.13. The van der Waals surface area contributed by atoms with Crippen LogP contribution in [0.25, 0.3) is 10.9 Å². The highest BCUT2D eigenvalue weighted by atomic mass is 16.5. The first-order valence-corrected chi connectivity index (χ1v) is 7.06. The summed E-state index contributed by atoms with van der Waals surface area (Å²) in [6.45, 7) is 5.33. The molecule has 112 valence electrons. The highest BCUT2D eigenvalue weighted by Gasteiger charge is 2.13. The molecule has 0 aliphatic rings. The van der Waals surface area contributed by atoms with Crippen LogP contribution in [0.2, 0.25) is 0 Å². The van der Waals surface area contributed by atoms with Gasteiger partial charge in [0.2, 0.25) is 0 Å². The Labute approximate surface area is 125 Å². The summed E-state index contributed by atoms with van der Waals surface area (Å²) < 4.78 is 5.57. The van der Waals surface area contributed by atoms with Crippen LogP contribution in [0.1, 0.15) is 19.4 Å². The lowest BCUT2D eigenvalue weighted by molar-refractivity contribution is 0.0845. The van der Waals surface area contributed by atoms with E-state index in [1.807, 2.05) is 56.1 Å². The van der Waals surface area contributed by atoms with Gasteiger partial charge in [0.25, 0.3) is 0 Å². The van der Waals surface area contributed by atoms with Crippen molar-refractivity contribution in [2.24, 2.45) is 5.73 Å². The molecule has 5 nitrogen and oxygen atoms in total. The molecular formula is C16H22N4O. The molecule has 21 heavy (non-hydrogen) atoms. The number of benzene rings is 1. The van der Waals surface area contributed by atoms with Gasteiger partial charge < -0.3 is 15.4 Å². The Morgan fingerprint density at radius 2 is 2.10 bits per heavy atom. The summed E-state index contributed by atoms with van der Waals surface area (Å²) in [5.41, 5.74) is 7.26. The van der Waals surface area contributed by atoms with Crippen LogP contribution >= 0.6 is 0 Å². The molecule has 0 aliphatic carbocycles. The van der Waals surface area contributed by atoms with Gasteiger partial charge in [-0.2, -0.15) is 0 Å². The van der Waals surface area contributed by atoms with E-state index < -0.39 is 0 Å². The van der Waals surface area contributed by atoms with Gasteiger partial charge in [-0.25, -0.2) is 4.98 Å². The summed E-state index contributed by atoms with van der Waals surface area (Å²) in [5.74, 6) is 0.744. The van der Waals surface area contributed by atoms with Crippen LogP contribution in [0.15, 0.2) is 30.3 Å². The maximum absolute atomic E-state index is 7.77. The molecule has 0 fully saturated rings. The van der Waals surface area contributed by atoms with Gasteiger partial charge in [-0.15, -0.1) is 0 Å². The molecule has 0 aliphatic heterocycles. The van der Waals surface area contributed by atoms with Crippen LogP contribution in [0.5, 0.6) is 0 Å². The fraction of sp³-hybridized carbons (Fsp3) is 0.375. The van der Waals surface area contributed by atoms with Crippen LogP contribution < -0.4 is 10.6 Å². The molecule has 0 bridgehead atoms. The topological polar surface area (TPSA) is 75.2 Å². The number of amidine groups is 1. The number of para-hydroxylation sites is 1. The third kappa shape index (κ3) is 3.70. The molecule has 3 N–H and O–H groups in total. The van der Waals surface area contributed by atoms with Crippen molar-refractivity contribution in [3.05, 3.63) is 35.9 Å². The SMILES string of the molecule is CC(C)OCCN(C)c1nc2ccccc2cc1C(=N)N. The molecule has 5 heteroatoms. The van der Waals surface area contributed by atoms with Gasteiger partial charge in [0.1, 0.15) is 11.7 Å². The number of aromatic nitrogens is 1. The molecule has 0 unspecified atom stereocenters. The Balaban J connectivity index is 2.31. The molecule has 2 rings (SSSR count). The van der Waals surface area contributed by atoms with Crippen molar-refractivity contribution in [1.82, 2.24) is 4.98 Å². The second-order valence-corrected chi connectivity index (χ2v) is 5.31. The number of nitrogens with one attached hydrogen (secondary N) is 1. The largest absolute Gasteiger partial charge is 0.384 e. The van der Waals surface area contributed by atoms with Gasteiger partial charge in [0, 0.05) is 19.0 Å². The number of rotatable bonds is 6. The van der Waals surface area contributed by atoms with E-state index in [1.165, 1.54) is 0 Å². The molecule has 1 aromatic carbocycles. The van der Waals surface area contributed by atoms with Crippen molar-refractivity contribution in [3.8, 4) is 0 Å². The van der Waals surface area contributed by atoms with E-state index in [0.29, 0.717) is 24.5 Å². The second kappa shape index (κ2) is 6.54. The summed E-state index contributed by atoms with van der Waals surface area (Å²) in [5, 5.41) is 8.75. The predicted molar refractivity (Wildman–Crippen MR) is 87.1 cm³/mol. The number of anilines is 1. The zero-order chi connectivity index (χ0) is 15.4. The molecule has 0 saturated carbocycles. The van der Waals surface area contributed by atoms with Crippen molar-refractivity contribution >= 4 is 22.6 Å². The smallest absolute Gasteiger partial charge is 0.140 e. The third-order valence-corrected chi connectivity index (χ3v) is 3.23. The Morgan fingerprint density at radius 1 is 1.38 bits per heavy atom. The van der Waals surface area contributed by atoms with Crippen molar-refractivity contribution in [3.63, 3.8) is 0 Å². The Bertz CT molecular complexity index is 639. The van der Waals surface area contributed by atoms with Gasteiger partial charge >= 0.3 is 0 Å². The van der Waals surface area contributed by atoms with Crippen LogP contribution in [0, 0.1) is 5.41 Å². The highest BCUT2D eigenvalue weighted by Crippen LogP contribution is 2.22. The Morgan fingerprint density at radius 3 is 2.76 bits per heavy atom. The first kappa shape index (κ1) is 15.3. The van der Waals surface area contributed by atoms with E-state index in [2.05, 4.69) is 4.98 Å². The van der Waals surface area contributed by atoms with Crippen LogP contribution in [0.4, 0.5) is 5.82 Å². The lowest BCUT2D eigenvalue weighted by atomic mass is 10.1. The number of nitrogen functional groups attached to an aromatic ring is 1.